The largest absolute Gasteiger partial charge is 0.494 e. The van der Waals surface area contributed by atoms with Gasteiger partial charge >= 0.3 is 5.63 Å². The summed E-state index contributed by atoms with van der Waals surface area (Å²) in [6, 6.07) is 21.4. The van der Waals surface area contributed by atoms with Crippen molar-refractivity contribution in [2.24, 2.45) is 0 Å². The van der Waals surface area contributed by atoms with Crippen LogP contribution in [0.4, 0.5) is 0 Å². The first kappa shape index (κ1) is 30.3. The van der Waals surface area contributed by atoms with Crippen LogP contribution in [0.5, 0.6) is 5.75 Å². The fourth-order valence-electron chi connectivity index (χ4n) is 5.40. The van der Waals surface area contributed by atoms with Crippen LogP contribution in [0.15, 0.2) is 82.1 Å². The summed E-state index contributed by atoms with van der Waals surface area (Å²) in [5, 5.41) is 15.2. The molecule has 10 heteroatoms. The van der Waals surface area contributed by atoms with Gasteiger partial charge in [-0.1, -0.05) is 75.7 Å². The lowest BCUT2D eigenvalue weighted by Crippen LogP contribution is -2.22. The normalized spacial score (nSPS) is 14.8. The molecule has 1 unspecified atom stereocenters. The van der Waals surface area contributed by atoms with Crippen molar-refractivity contribution in [1.82, 2.24) is 20.3 Å². The average Bonchev–Trinajstić information content (AvgIpc) is 3.74. The number of aryl methyl sites for hydroxylation is 1. The van der Waals surface area contributed by atoms with Crippen molar-refractivity contribution in [1.29, 1.82) is 0 Å². The molecule has 3 heterocycles. The lowest BCUT2D eigenvalue weighted by Gasteiger charge is -2.08. The molecule has 0 spiro atoms. The Bertz CT molecular complexity index is 1760. The van der Waals surface area contributed by atoms with Crippen molar-refractivity contribution in [2.45, 2.75) is 63.3 Å². The molecular formula is C34H36N4O4S2. The lowest BCUT2D eigenvalue weighted by molar-refractivity contribution is -0.121. The van der Waals surface area contributed by atoms with Gasteiger partial charge in [0.2, 0.25) is 5.91 Å². The molecule has 1 saturated heterocycles. The predicted octanol–water partition coefficient (Wildman–Crippen LogP) is 7.39. The van der Waals surface area contributed by atoms with Gasteiger partial charge in [0.05, 0.1) is 24.9 Å². The van der Waals surface area contributed by atoms with Gasteiger partial charge in [0.1, 0.15) is 17.0 Å². The molecule has 6 rings (SSSR count). The summed E-state index contributed by atoms with van der Waals surface area (Å²) in [5.74, 6) is 2.08. The number of benzene rings is 3. The Hall–Kier alpha value is -3.76. The summed E-state index contributed by atoms with van der Waals surface area (Å²) in [6.45, 7) is 1.71. The molecule has 0 aliphatic carbocycles. The van der Waals surface area contributed by atoms with Crippen LogP contribution in [0.25, 0.3) is 32.9 Å². The van der Waals surface area contributed by atoms with Gasteiger partial charge in [0.25, 0.3) is 0 Å². The standard InChI is InChI=1S/C34H36N4O4S2/c39-33(10-4-2-8-28-17-20-43-44-28)35-22-26-23-38(37-36-26)18-5-6-19-41-27-14-11-25(12-15-27)30-21-31-29-9-3-1-7-24(29)13-16-32(31)42-34(30)40/h1,3,7,9,11-16,21,23,28H,2,4-6,8,10,17-20,22H2,(H,35,39). The molecule has 1 atom stereocenters. The van der Waals surface area contributed by atoms with Crippen LogP contribution in [0.2, 0.25) is 0 Å². The van der Waals surface area contributed by atoms with Gasteiger partial charge in [-0.15, -0.1) is 5.10 Å². The number of ether oxygens (including phenoxy) is 1. The highest BCUT2D eigenvalue weighted by Crippen LogP contribution is 2.40. The van der Waals surface area contributed by atoms with Crippen LogP contribution in [0.1, 0.15) is 50.6 Å². The maximum Gasteiger partial charge on any atom is 0.344 e. The van der Waals surface area contributed by atoms with E-state index in [0.29, 0.717) is 30.7 Å². The van der Waals surface area contributed by atoms with Crippen molar-refractivity contribution in [2.75, 3.05) is 12.4 Å². The summed E-state index contributed by atoms with van der Waals surface area (Å²) in [5.41, 5.74) is 2.31. The molecule has 1 aliphatic rings. The molecule has 0 radical (unpaired) electrons. The van der Waals surface area contributed by atoms with E-state index in [1.165, 1.54) is 18.6 Å². The van der Waals surface area contributed by atoms with E-state index >= 15 is 0 Å². The molecule has 44 heavy (non-hydrogen) atoms. The Morgan fingerprint density at radius 3 is 2.77 bits per heavy atom. The number of carbonyl (C=O) groups is 1. The zero-order chi connectivity index (χ0) is 30.1. The molecule has 3 aromatic carbocycles. The van der Waals surface area contributed by atoms with Crippen molar-refractivity contribution >= 4 is 49.2 Å². The molecule has 1 aliphatic heterocycles. The van der Waals surface area contributed by atoms with Gasteiger partial charge in [-0.3, -0.25) is 9.48 Å². The number of rotatable bonds is 14. The summed E-state index contributed by atoms with van der Waals surface area (Å²) < 4.78 is 13.4. The molecule has 0 saturated carbocycles. The molecule has 1 fully saturated rings. The Labute approximate surface area is 264 Å². The first-order chi connectivity index (χ1) is 21.6. The van der Waals surface area contributed by atoms with Crippen LogP contribution in [-0.4, -0.2) is 38.5 Å². The Morgan fingerprint density at radius 2 is 1.91 bits per heavy atom. The SMILES string of the molecule is O=C(CCCCC1CCSS1)NCc1cn(CCCCOc2ccc(-c3cc4c(ccc5ccccc54)oc3=O)cc2)nn1. The zero-order valence-electron chi connectivity index (χ0n) is 24.6. The van der Waals surface area contributed by atoms with Gasteiger partial charge in [-0.2, -0.15) is 0 Å². The number of unbranched alkanes of at least 4 members (excludes halogenated alkanes) is 2. The molecule has 8 nitrogen and oxygen atoms in total. The number of nitrogens with one attached hydrogen (secondary N) is 1. The summed E-state index contributed by atoms with van der Waals surface area (Å²) >= 11 is 0. The molecule has 1 amide bonds. The number of nitrogens with zero attached hydrogens (tertiary/aromatic N) is 3. The quantitative estimate of drug-likeness (QED) is 0.0588. The number of amides is 1. The predicted molar refractivity (Wildman–Crippen MR) is 179 cm³/mol. The van der Waals surface area contributed by atoms with E-state index in [0.717, 1.165) is 70.6 Å². The van der Waals surface area contributed by atoms with E-state index in [4.69, 9.17) is 9.15 Å². The number of hydrogen-bond acceptors (Lipinski definition) is 8. The number of hydrogen-bond donors (Lipinski definition) is 1. The highest BCUT2D eigenvalue weighted by Gasteiger charge is 2.16. The van der Waals surface area contributed by atoms with Crippen molar-refractivity contribution in [3.05, 3.63) is 89.0 Å². The second-order valence-corrected chi connectivity index (χ2v) is 13.8. The molecule has 228 valence electrons. The van der Waals surface area contributed by atoms with Gasteiger partial charge in [0.15, 0.2) is 0 Å². The minimum absolute atomic E-state index is 0.0764. The van der Waals surface area contributed by atoms with Crippen molar-refractivity contribution in [3.63, 3.8) is 0 Å². The van der Waals surface area contributed by atoms with Crippen LogP contribution in [-0.2, 0) is 17.9 Å². The van der Waals surface area contributed by atoms with E-state index in [1.54, 1.807) is 0 Å². The maximum atomic E-state index is 12.7. The Kier molecular flexibility index (Phi) is 10.2. The third kappa shape index (κ3) is 7.84. The minimum atomic E-state index is -0.358. The van der Waals surface area contributed by atoms with Gasteiger partial charge < -0.3 is 14.5 Å². The first-order valence-electron chi connectivity index (χ1n) is 15.3. The number of carbonyl (C=O) groups excluding carboxylic acids is 1. The topological polar surface area (TPSA) is 99.2 Å². The molecule has 5 aromatic rings. The fraction of sp³-hybridized carbons (Fsp3) is 0.353. The van der Waals surface area contributed by atoms with E-state index in [9.17, 15) is 9.59 Å². The van der Waals surface area contributed by atoms with Crippen LogP contribution in [0, 0.1) is 0 Å². The maximum absolute atomic E-state index is 12.7. The molecule has 1 N–H and O–H groups in total. The summed E-state index contributed by atoms with van der Waals surface area (Å²) in [4.78, 5) is 24.9. The molecule has 0 bridgehead atoms. The van der Waals surface area contributed by atoms with Gasteiger partial charge in [-0.05, 0) is 72.7 Å². The summed E-state index contributed by atoms with van der Waals surface area (Å²) in [7, 11) is 3.97. The van der Waals surface area contributed by atoms with Crippen LogP contribution >= 0.6 is 21.6 Å². The lowest BCUT2D eigenvalue weighted by atomic mass is 10.0. The first-order valence-corrected chi connectivity index (χ1v) is 17.6. The van der Waals surface area contributed by atoms with E-state index in [2.05, 4.69) is 21.7 Å². The fourth-order valence-corrected chi connectivity index (χ4v) is 8.43. The third-order valence-corrected chi connectivity index (χ3v) is 10.8. The molecular weight excluding hydrogens is 593 g/mol. The number of fused-ring (bicyclic) bond motifs is 3. The second-order valence-electron chi connectivity index (χ2n) is 11.1. The zero-order valence-corrected chi connectivity index (χ0v) is 26.2. The number of aromatic nitrogens is 3. The summed E-state index contributed by atoms with van der Waals surface area (Å²) in [6.07, 6.45) is 8.75. The highest BCUT2D eigenvalue weighted by molar-refractivity contribution is 8.77. The van der Waals surface area contributed by atoms with Crippen LogP contribution in [0.3, 0.4) is 0 Å². The van der Waals surface area contributed by atoms with E-state index in [1.807, 2.05) is 93.1 Å². The second kappa shape index (κ2) is 14.8. The minimum Gasteiger partial charge on any atom is -0.494 e. The van der Waals surface area contributed by atoms with Gasteiger partial charge in [0, 0.05) is 29.4 Å². The smallest absolute Gasteiger partial charge is 0.344 e. The van der Waals surface area contributed by atoms with Gasteiger partial charge in [-0.25, -0.2) is 4.79 Å². The average molecular weight is 629 g/mol. The van der Waals surface area contributed by atoms with E-state index < -0.39 is 0 Å². The Morgan fingerprint density at radius 1 is 1.02 bits per heavy atom. The van der Waals surface area contributed by atoms with Crippen molar-refractivity contribution < 1.29 is 13.9 Å². The van der Waals surface area contributed by atoms with E-state index in [-0.39, 0.29) is 11.5 Å². The Balaban J connectivity index is 0.912. The molecule has 2 aromatic heterocycles. The van der Waals surface area contributed by atoms with Crippen molar-refractivity contribution in [3.8, 4) is 16.9 Å². The highest BCUT2D eigenvalue weighted by atomic mass is 33.1. The van der Waals surface area contributed by atoms with Crippen LogP contribution < -0.4 is 15.7 Å². The monoisotopic (exact) mass is 628 g/mol. The third-order valence-electron chi connectivity index (χ3n) is 7.82.